The molecule has 0 atom stereocenters. The van der Waals surface area contributed by atoms with Crippen molar-refractivity contribution in [1.82, 2.24) is 14.9 Å². The van der Waals surface area contributed by atoms with Crippen molar-refractivity contribution in [1.29, 1.82) is 0 Å². The van der Waals surface area contributed by atoms with Crippen molar-refractivity contribution < 1.29 is 4.79 Å². The Bertz CT molecular complexity index is 684. The zero-order valence-electron chi connectivity index (χ0n) is 12.0. The molecule has 6 heteroatoms. The normalized spacial score (nSPS) is 10.4. The fourth-order valence-corrected chi connectivity index (χ4v) is 2.59. The number of amides is 1. The van der Waals surface area contributed by atoms with Crippen LogP contribution < -0.4 is 5.56 Å². The summed E-state index contributed by atoms with van der Waals surface area (Å²) in [6.07, 6.45) is 1.43. The fraction of sp³-hybridized carbons (Fsp3) is 0.267. The number of aromatic amines is 1. The number of benzene rings is 1. The molecule has 5 nitrogen and oxygen atoms in total. The molecule has 0 aliphatic rings. The monoisotopic (exact) mass is 303 g/mol. The Hall–Kier alpha value is -2.08. The number of nitrogens with one attached hydrogen (secondary N) is 1. The van der Waals surface area contributed by atoms with Crippen LogP contribution in [0.25, 0.3) is 0 Å². The maximum atomic E-state index is 12.1. The minimum Gasteiger partial charge on any atom is -0.341 e. The lowest BCUT2D eigenvalue weighted by Crippen LogP contribution is -2.28. The summed E-state index contributed by atoms with van der Waals surface area (Å²) in [6, 6.07) is 9.33. The van der Waals surface area contributed by atoms with Crippen LogP contribution in [0.2, 0.25) is 0 Å². The van der Waals surface area contributed by atoms with Crippen molar-refractivity contribution >= 4 is 17.7 Å². The highest BCUT2D eigenvalue weighted by atomic mass is 32.2. The molecular formula is C15H17N3O2S. The minimum absolute atomic E-state index is 0.00486. The van der Waals surface area contributed by atoms with Gasteiger partial charge in [0.1, 0.15) is 0 Å². The molecule has 0 saturated carbocycles. The zero-order chi connectivity index (χ0) is 15.2. The van der Waals surface area contributed by atoms with Gasteiger partial charge in [-0.3, -0.25) is 9.59 Å². The fourth-order valence-electron chi connectivity index (χ4n) is 1.80. The molecule has 110 valence electrons. The van der Waals surface area contributed by atoms with Gasteiger partial charge in [-0.25, -0.2) is 4.98 Å². The summed E-state index contributed by atoms with van der Waals surface area (Å²) >= 11 is 1.23. The number of carbonyl (C=O) groups is 1. The quantitative estimate of drug-likeness (QED) is 0.676. The summed E-state index contributed by atoms with van der Waals surface area (Å²) in [5.74, 6) is 0.241. The number of aromatic nitrogens is 2. The molecule has 1 amide bonds. The van der Waals surface area contributed by atoms with Crippen LogP contribution in [0.15, 0.2) is 46.5 Å². The van der Waals surface area contributed by atoms with E-state index in [1.54, 1.807) is 11.9 Å². The standard InChI is InChI=1S/C15H17N3O2S/c1-11-5-3-4-6-12(11)9-18(2)14(20)10-21-15-16-8-7-13(19)17-15/h3-8H,9-10H2,1-2H3,(H,16,17,19). The molecule has 0 unspecified atom stereocenters. The van der Waals surface area contributed by atoms with E-state index >= 15 is 0 Å². The number of carbonyl (C=O) groups excluding carboxylic acids is 1. The summed E-state index contributed by atoms with van der Waals surface area (Å²) in [5.41, 5.74) is 2.08. The zero-order valence-corrected chi connectivity index (χ0v) is 12.8. The molecule has 1 aromatic heterocycles. The van der Waals surface area contributed by atoms with Crippen molar-refractivity contribution in [3.8, 4) is 0 Å². The van der Waals surface area contributed by atoms with E-state index in [-0.39, 0.29) is 17.2 Å². The summed E-state index contributed by atoms with van der Waals surface area (Å²) in [7, 11) is 1.77. The Kier molecular flexibility index (Phi) is 5.16. The summed E-state index contributed by atoms with van der Waals surface area (Å²) < 4.78 is 0. The molecule has 1 N–H and O–H groups in total. The van der Waals surface area contributed by atoms with Crippen molar-refractivity contribution in [3.63, 3.8) is 0 Å². The van der Waals surface area contributed by atoms with E-state index in [2.05, 4.69) is 9.97 Å². The summed E-state index contributed by atoms with van der Waals surface area (Å²) in [6.45, 7) is 2.60. The first-order valence-corrected chi connectivity index (χ1v) is 7.51. The van der Waals surface area contributed by atoms with Gasteiger partial charge in [0.25, 0.3) is 5.56 Å². The lowest BCUT2D eigenvalue weighted by Gasteiger charge is -2.18. The van der Waals surface area contributed by atoms with Crippen LogP contribution in [-0.2, 0) is 11.3 Å². The van der Waals surface area contributed by atoms with Crippen molar-refractivity contribution in [2.24, 2.45) is 0 Å². The van der Waals surface area contributed by atoms with Crippen molar-refractivity contribution in [2.75, 3.05) is 12.8 Å². The first-order valence-electron chi connectivity index (χ1n) is 6.53. The number of aryl methyl sites for hydroxylation is 1. The van der Waals surface area contributed by atoms with Gasteiger partial charge in [-0.15, -0.1) is 0 Å². The molecule has 0 fully saturated rings. The smallest absolute Gasteiger partial charge is 0.251 e. The Morgan fingerprint density at radius 2 is 2.10 bits per heavy atom. The van der Waals surface area contributed by atoms with Gasteiger partial charge in [-0.1, -0.05) is 36.0 Å². The Morgan fingerprint density at radius 3 is 2.81 bits per heavy atom. The van der Waals surface area contributed by atoms with Gasteiger partial charge in [-0.2, -0.15) is 0 Å². The van der Waals surface area contributed by atoms with E-state index in [4.69, 9.17) is 0 Å². The van der Waals surface area contributed by atoms with Gasteiger partial charge in [0.2, 0.25) is 5.91 Å². The molecule has 0 saturated heterocycles. The summed E-state index contributed by atoms with van der Waals surface area (Å²) in [4.78, 5) is 31.5. The third-order valence-corrected chi connectivity index (χ3v) is 3.95. The summed E-state index contributed by atoms with van der Waals surface area (Å²) in [5, 5.41) is 0.458. The average molecular weight is 303 g/mol. The molecule has 2 aromatic rings. The SMILES string of the molecule is Cc1ccccc1CN(C)C(=O)CSc1nccc(=O)[nH]1. The molecule has 21 heavy (non-hydrogen) atoms. The van der Waals surface area contributed by atoms with Crippen molar-refractivity contribution in [3.05, 3.63) is 58.0 Å². The van der Waals surface area contributed by atoms with E-state index < -0.39 is 0 Å². The number of rotatable bonds is 5. The predicted molar refractivity (Wildman–Crippen MR) is 83.2 cm³/mol. The third kappa shape index (κ3) is 4.46. The number of H-pyrrole nitrogens is 1. The molecule has 0 radical (unpaired) electrons. The van der Waals surface area contributed by atoms with Crippen LogP contribution in [0.5, 0.6) is 0 Å². The van der Waals surface area contributed by atoms with E-state index in [1.807, 2.05) is 31.2 Å². The molecule has 0 aliphatic heterocycles. The molecule has 0 bridgehead atoms. The number of hydrogen-bond donors (Lipinski definition) is 1. The molecule has 1 aromatic carbocycles. The molecule has 0 aliphatic carbocycles. The van der Waals surface area contributed by atoms with Gasteiger partial charge in [0, 0.05) is 25.9 Å². The minimum atomic E-state index is -0.215. The average Bonchev–Trinajstić information content (AvgIpc) is 2.47. The Morgan fingerprint density at radius 1 is 1.33 bits per heavy atom. The highest BCUT2D eigenvalue weighted by Crippen LogP contribution is 2.13. The number of nitrogens with zero attached hydrogens (tertiary/aromatic N) is 2. The molecule has 0 spiro atoms. The number of hydrogen-bond acceptors (Lipinski definition) is 4. The first-order chi connectivity index (χ1) is 10.1. The van der Waals surface area contributed by atoms with Crippen LogP contribution >= 0.6 is 11.8 Å². The lowest BCUT2D eigenvalue weighted by molar-refractivity contribution is -0.127. The van der Waals surface area contributed by atoms with Crippen LogP contribution in [0, 0.1) is 6.92 Å². The van der Waals surface area contributed by atoms with Gasteiger partial charge in [0.05, 0.1) is 5.75 Å². The predicted octanol–water partition coefficient (Wildman–Crippen LogP) is 1.83. The lowest BCUT2D eigenvalue weighted by atomic mass is 10.1. The largest absolute Gasteiger partial charge is 0.341 e. The van der Waals surface area contributed by atoms with Crippen LogP contribution in [0.1, 0.15) is 11.1 Å². The Balaban J connectivity index is 1.91. The topological polar surface area (TPSA) is 66.1 Å². The molecule has 2 rings (SSSR count). The molecular weight excluding hydrogens is 286 g/mol. The maximum Gasteiger partial charge on any atom is 0.251 e. The maximum absolute atomic E-state index is 12.1. The highest BCUT2D eigenvalue weighted by Gasteiger charge is 2.11. The van der Waals surface area contributed by atoms with Crippen LogP contribution in [0.4, 0.5) is 0 Å². The van der Waals surface area contributed by atoms with Gasteiger partial charge in [0.15, 0.2) is 5.16 Å². The van der Waals surface area contributed by atoms with Gasteiger partial charge >= 0.3 is 0 Å². The van der Waals surface area contributed by atoms with Gasteiger partial charge < -0.3 is 9.88 Å². The third-order valence-electron chi connectivity index (χ3n) is 3.07. The van der Waals surface area contributed by atoms with Crippen LogP contribution in [0.3, 0.4) is 0 Å². The van der Waals surface area contributed by atoms with E-state index in [9.17, 15) is 9.59 Å². The van der Waals surface area contributed by atoms with E-state index in [0.29, 0.717) is 11.7 Å². The number of thioether (sulfide) groups is 1. The second-order valence-electron chi connectivity index (χ2n) is 4.70. The second kappa shape index (κ2) is 7.08. The molecule has 1 heterocycles. The van der Waals surface area contributed by atoms with E-state index in [0.717, 1.165) is 5.56 Å². The van der Waals surface area contributed by atoms with Crippen LogP contribution in [-0.4, -0.2) is 33.6 Å². The van der Waals surface area contributed by atoms with Gasteiger partial charge in [-0.05, 0) is 18.1 Å². The highest BCUT2D eigenvalue weighted by molar-refractivity contribution is 7.99. The first kappa shape index (κ1) is 15.3. The van der Waals surface area contributed by atoms with E-state index in [1.165, 1.54) is 29.6 Å². The Labute approximate surface area is 127 Å². The second-order valence-corrected chi connectivity index (χ2v) is 5.67. The van der Waals surface area contributed by atoms with Crippen molar-refractivity contribution in [2.45, 2.75) is 18.6 Å².